The molecule has 1 rings (SSSR count). The van der Waals surface area contributed by atoms with Crippen molar-refractivity contribution in [2.24, 2.45) is 5.41 Å². The van der Waals surface area contributed by atoms with Gasteiger partial charge in [0.15, 0.2) is 0 Å². The zero-order chi connectivity index (χ0) is 15.1. The van der Waals surface area contributed by atoms with Crippen molar-refractivity contribution in [2.75, 3.05) is 18.9 Å². The Morgan fingerprint density at radius 1 is 1.35 bits per heavy atom. The molecule has 0 saturated carbocycles. The third kappa shape index (κ3) is 6.98. The first-order valence-corrected chi connectivity index (χ1v) is 8.48. The van der Waals surface area contributed by atoms with Crippen LogP contribution in [-0.2, 0) is 16.4 Å². The summed E-state index contributed by atoms with van der Waals surface area (Å²) in [6.45, 7) is 4.50. The van der Waals surface area contributed by atoms with Crippen LogP contribution in [0.2, 0.25) is 0 Å². The van der Waals surface area contributed by atoms with E-state index in [2.05, 4.69) is 9.71 Å². The molecule has 114 valence electrons. The van der Waals surface area contributed by atoms with E-state index in [0.717, 1.165) is 12.1 Å². The summed E-state index contributed by atoms with van der Waals surface area (Å²) in [4.78, 5) is 4.11. The number of hydrogen-bond donors (Lipinski definition) is 2. The molecule has 1 aromatic rings. The molecule has 0 unspecified atom stereocenters. The minimum atomic E-state index is -3.29. The van der Waals surface area contributed by atoms with Crippen molar-refractivity contribution in [3.05, 3.63) is 30.1 Å². The molecule has 1 heterocycles. The van der Waals surface area contributed by atoms with E-state index in [1.54, 1.807) is 12.3 Å². The normalized spacial score (nSPS) is 12.6. The summed E-state index contributed by atoms with van der Waals surface area (Å²) in [5, 5.41) is 8.82. The Morgan fingerprint density at radius 3 is 2.70 bits per heavy atom. The maximum atomic E-state index is 11.9. The van der Waals surface area contributed by atoms with E-state index in [1.807, 2.05) is 26.0 Å². The molecule has 5 nitrogen and oxygen atoms in total. The van der Waals surface area contributed by atoms with Gasteiger partial charge in [-0.25, -0.2) is 13.1 Å². The monoisotopic (exact) mass is 300 g/mol. The highest BCUT2D eigenvalue weighted by atomic mass is 32.2. The van der Waals surface area contributed by atoms with Gasteiger partial charge in [0.05, 0.1) is 5.75 Å². The second-order valence-corrected chi connectivity index (χ2v) is 7.63. The van der Waals surface area contributed by atoms with Crippen molar-refractivity contribution in [2.45, 2.75) is 33.1 Å². The van der Waals surface area contributed by atoms with Crippen LogP contribution >= 0.6 is 0 Å². The lowest BCUT2D eigenvalue weighted by atomic mass is 9.88. The topological polar surface area (TPSA) is 79.3 Å². The molecule has 2 N–H and O–H groups in total. The highest BCUT2D eigenvalue weighted by molar-refractivity contribution is 7.89. The third-order valence-electron chi connectivity index (χ3n) is 3.14. The zero-order valence-corrected chi connectivity index (χ0v) is 13.0. The molecule has 1 aromatic heterocycles. The predicted octanol–water partition coefficient (Wildman–Crippen LogP) is 1.34. The zero-order valence-electron chi connectivity index (χ0n) is 12.2. The summed E-state index contributed by atoms with van der Waals surface area (Å²) in [5.74, 6) is 0.0418. The molecule has 0 atom stereocenters. The molecular formula is C14H24N2O3S. The van der Waals surface area contributed by atoms with Crippen LogP contribution < -0.4 is 4.72 Å². The fourth-order valence-corrected chi connectivity index (χ4v) is 3.04. The number of nitrogens with one attached hydrogen (secondary N) is 1. The van der Waals surface area contributed by atoms with Crippen molar-refractivity contribution in [1.29, 1.82) is 0 Å². The molecule has 0 aliphatic carbocycles. The molecule has 0 fully saturated rings. The van der Waals surface area contributed by atoms with Gasteiger partial charge in [-0.05, 0) is 30.4 Å². The van der Waals surface area contributed by atoms with E-state index in [4.69, 9.17) is 5.11 Å². The number of aliphatic hydroxyl groups is 1. The van der Waals surface area contributed by atoms with Gasteiger partial charge in [0.2, 0.25) is 10.0 Å². The Kier molecular flexibility index (Phi) is 6.58. The van der Waals surface area contributed by atoms with Crippen LogP contribution in [0.3, 0.4) is 0 Å². The van der Waals surface area contributed by atoms with Gasteiger partial charge in [-0.3, -0.25) is 4.98 Å². The number of rotatable bonds is 9. The molecule has 0 saturated heterocycles. The van der Waals surface area contributed by atoms with E-state index in [9.17, 15) is 8.42 Å². The van der Waals surface area contributed by atoms with Crippen LogP contribution in [0.15, 0.2) is 24.4 Å². The number of aliphatic hydroxyl groups excluding tert-OH is 1. The summed E-state index contributed by atoms with van der Waals surface area (Å²) in [5.41, 5.74) is 0.623. The number of hydrogen-bond acceptors (Lipinski definition) is 4. The maximum absolute atomic E-state index is 11.9. The minimum Gasteiger partial charge on any atom is -0.396 e. The van der Waals surface area contributed by atoms with E-state index >= 15 is 0 Å². The van der Waals surface area contributed by atoms with Crippen molar-refractivity contribution >= 4 is 10.0 Å². The average Bonchev–Trinajstić information content (AvgIpc) is 2.43. The van der Waals surface area contributed by atoms with E-state index < -0.39 is 10.0 Å². The second-order valence-electron chi connectivity index (χ2n) is 5.70. The molecule has 0 aliphatic rings. The lowest BCUT2D eigenvalue weighted by Gasteiger charge is -2.24. The number of sulfonamides is 1. The summed E-state index contributed by atoms with van der Waals surface area (Å²) in [7, 11) is -3.29. The molecule has 20 heavy (non-hydrogen) atoms. The average molecular weight is 300 g/mol. The SMILES string of the molecule is CC(C)(CCCO)CNS(=O)(=O)CCc1ccccn1. The molecule has 0 spiro atoms. The van der Waals surface area contributed by atoms with Gasteiger partial charge in [0.1, 0.15) is 0 Å². The van der Waals surface area contributed by atoms with Gasteiger partial charge in [-0.2, -0.15) is 0 Å². The van der Waals surface area contributed by atoms with Crippen molar-refractivity contribution in [3.63, 3.8) is 0 Å². The number of nitrogens with zero attached hydrogens (tertiary/aromatic N) is 1. The quantitative estimate of drug-likeness (QED) is 0.721. The highest BCUT2D eigenvalue weighted by Crippen LogP contribution is 2.21. The van der Waals surface area contributed by atoms with Gasteiger partial charge in [0.25, 0.3) is 0 Å². The van der Waals surface area contributed by atoms with Gasteiger partial charge >= 0.3 is 0 Å². The molecule has 0 radical (unpaired) electrons. The molecule has 0 aliphatic heterocycles. The Morgan fingerprint density at radius 2 is 2.10 bits per heavy atom. The largest absolute Gasteiger partial charge is 0.396 e. The molecule has 0 bridgehead atoms. The van der Waals surface area contributed by atoms with E-state index in [1.165, 1.54) is 0 Å². The van der Waals surface area contributed by atoms with Crippen LogP contribution in [0, 0.1) is 5.41 Å². The predicted molar refractivity (Wildman–Crippen MR) is 79.8 cm³/mol. The van der Waals surface area contributed by atoms with Crippen LogP contribution in [0.25, 0.3) is 0 Å². The van der Waals surface area contributed by atoms with Gasteiger partial charge in [-0.1, -0.05) is 19.9 Å². The Balaban J connectivity index is 2.42. The first-order chi connectivity index (χ1) is 9.35. The maximum Gasteiger partial charge on any atom is 0.211 e. The number of aromatic nitrogens is 1. The van der Waals surface area contributed by atoms with Crippen molar-refractivity contribution in [1.82, 2.24) is 9.71 Å². The van der Waals surface area contributed by atoms with Crippen molar-refractivity contribution < 1.29 is 13.5 Å². The van der Waals surface area contributed by atoms with Crippen LogP contribution in [0.4, 0.5) is 0 Å². The van der Waals surface area contributed by atoms with Gasteiger partial charge < -0.3 is 5.11 Å². The smallest absolute Gasteiger partial charge is 0.211 e. The van der Waals surface area contributed by atoms with Gasteiger partial charge in [0, 0.05) is 31.5 Å². The fraction of sp³-hybridized carbons (Fsp3) is 0.643. The number of pyridine rings is 1. The molecule has 0 amide bonds. The van der Waals surface area contributed by atoms with Crippen LogP contribution in [0.5, 0.6) is 0 Å². The Hall–Kier alpha value is -0.980. The first-order valence-electron chi connectivity index (χ1n) is 6.83. The van der Waals surface area contributed by atoms with E-state index in [-0.39, 0.29) is 17.8 Å². The fourth-order valence-electron chi connectivity index (χ4n) is 1.81. The third-order valence-corrected chi connectivity index (χ3v) is 4.46. The van der Waals surface area contributed by atoms with Crippen LogP contribution in [0.1, 0.15) is 32.4 Å². The molecule has 6 heteroatoms. The highest BCUT2D eigenvalue weighted by Gasteiger charge is 2.20. The molecular weight excluding hydrogens is 276 g/mol. The minimum absolute atomic E-state index is 0.0418. The lowest BCUT2D eigenvalue weighted by molar-refractivity contribution is 0.242. The van der Waals surface area contributed by atoms with Crippen molar-refractivity contribution in [3.8, 4) is 0 Å². The second kappa shape index (κ2) is 7.71. The molecule has 0 aromatic carbocycles. The first kappa shape index (κ1) is 17.1. The van der Waals surface area contributed by atoms with E-state index in [0.29, 0.717) is 19.4 Å². The summed E-state index contributed by atoms with van der Waals surface area (Å²) < 4.78 is 26.5. The Bertz CT molecular complexity index is 486. The summed E-state index contributed by atoms with van der Waals surface area (Å²) in [6.07, 6.45) is 3.54. The van der Waals surface area contributed by atoms with Crippen LogP contribution in [-0.4, -0.2) is 37.4 Å². The summed E-state index contributed by atoms with van der Waals surface area (Å²) in [6, 6.07) is 5.47. The lowest BCUT2D eigenvalue weighted by Crippen LogP contribution is -2.36. The summed E-state index contributed by atoms with van der Waals surface area (Å²) >= 11 is 0. The van der Waals surface area contributed by atoms with Gasteiger partial charge in [-0.15, -0.1) is 0 Å². The Labute approximate surface area is 121 Å². The number of aryl methyl sites for hydroxylation is 1. The standard InChI is InChI=1S/C14H24N2O3S/c1-14(2,8-5-10-17)12-16-20(18,19)11-7-13-6-3-4-9-15-13/h3-4,6,9,16-17H,5,7-8,10-12H2,1-2H3.